The second-order valence-corrected chi connectivity index (χ2v) is 4.28. The predicted molar refractivity (Wildman–Crippen MR) is 65.5 cm³/mol. The van der Waals surface area contributed by atoms with Gasteiger partial charge >= 0.3 is 0 Å². The topological polar surface area (TPSA) is 76.0 Å². The fourth-order valence-corrected chi connectivity index (χ4v) is 2.17. The first-order valence-corrected chi connectivity index (χ1v) is 5.82. The van der Waals surface area contributed by atoms with Gasteiger partial charge in [0.15, 0.2) is 0 Å². The number of aromatic nitrogens is 2. The molecule has 1 aromatic rings. The Morgan fingerprint density at radius 3 is 3.11 bits per heavy atom. The summed E-state index contributed by atoms with van der Waals surface area (Å²) >= 11 is 0. The van der Waals surface area contributed by atoms with Gasteiger partial charge in [0.05, 0.1) is 17.8 Å². The highest BCUT2D eigenvalue weighted by atomic mass is 16.2. The van der Waals surface area contributed by atoms with Gasteiger partial charge in [0.2, 0.25) is 11.8 Å². The zero-order valence-corrected chi connectivity index (χ0v) is 10.2. The van der Waals surface area contributed by atoms with E-state index in [4.69, 9.17) is 0 Å². The van der Waals surface area contributed by atoms with Crippen LogP contribution < -0.4 is 10.6 Å². The molecule has 2 amide bonds. The molecule has 1 aliphatic heterocycles. The third-order valence-electron chi connectivity index (χ3n) is 3.09. The third-order valence-corrected chi connectivity index (χ3v) is 3.09. The van der Waals surface area contributed by atoms with Crippen LogP contribution >= 0.6 is 0 Å². The lowest BCUT2D eigenvalue weighted by molar-refractivity contribution is -0.125. The van der Waals surface area contributed by atoms with Crippen molar-refractivity contribution in [2.24, 2.45) is 7.05 Å². The highest BCUT2D eigenvalue weighted by Gasteiger charge is 2.32. The molecule has 0 unspecified atom stereocenters. The number of carbonyl (C=O) groups excluding carboxylic acids is 2. The summed E-state index contributed by atoms with van der Waals surface area (Å²) in [6.45, 7) is 3.43. The van der Waals surface area contributed by atoms with Gasteiger partial charge in [-0.1, -0.05) is 6.58 Å². The number of amides is 2. The summed E-state index contributed by atoms with van der Waals surface area (Å²) in [7, 11) is 1.81. The van der Waals surface area contributed by atoms with Crippen molar-refractivity contribution in [1.82, 2.24) is 20.4 Å². The Morgan fingerprint density at radius 2 is 2.50 bits per heavy atom. The minimum absolute atomic E-state index is 0.00898. The second-order valence-electron chi connectivity index (χ2n) is 4.28. The smallest absolute Gasteiger partial charge is 0.243 e. The maximum absolute atomic E-state index is 11.5. The van der Waals surface area contributed by atoms with E-state index in [0.717, 1.165) is 5.69 Å². The van der Waals surface area contributed by atoms with Gasteiger partial charge in [-0.3, -0.25) is 14.3 Å². The van der Waals surface area contributed by atoms with Crippen molar-refractivity contribution in [3.05, 3.63) is 30.6 Å². The van der Waals surface area contributed by atoms with Crippen LogP contribution in [0.4, 0.5) is 0 Å². The van der Waals surface area contributed by atoms with Crippen LogP contribution in [0, 0.1) is 0 Å². The first-order chi connectivity index (χ1) is 8.61. The molecular formula is C12H16N4O2. The van der Waals surface area contributed by atoms with Gasteiger partial charge in [0.25, 0.3) is 0 Å². The lowest BCUT2D eigenvalue weighted by Crippen LogP contribution is -2.50. The van der Waals surface area contributed by atoms with Crippen molar-refractivity contribution in [3.63, 3.8) is 0 Å². The quantitative estimate of drug-likeness (QED) is 0.742. The van der Waals surface area contributed by atoms with Crippen molar-refractivity contribution in [2.45, 2.75) is 24.9 Å². The second kappa shape index (κ2) is 5.03. The van der Waals surface area contributed by atoms with Crippen LogP contribution in [0.3, 0.4) is 0 Å². The van der Waals surface area contributed by atoms with Crippen LogP contribution in [0.2, 0.25) is 0 Å². The predicted octanol–water partition coefficient (Wildman–Crippen LogP) is 0.0420. The van der Waals surface area contributed by atoms with Crippen LogP contribution in [-0.4, -0.2) is 27.6 Å². The number of hydrogen-bond donors (Lipinski definition) is 2. The van der Waals surface area contributed by atoms with Crippen LogP contribution in [0.25, 0.3) is 0 Å². The van der Waals surface area contributed by atoms with E-state index < -0.39 is 0 Å². The minimum atomic E-state index is -0.248. The number of piperidine rings is 1. The molecule has 2 atom stereocenters. The van der Waals surface area contributed by atoms with E-state index >= 15 is 0 Å². The summed E-state index contributed by atoms with van der Waals surface area (Å²) < 4.78 is 1.70. The molecule has 2 heterocycles. The van der Waals surface area contributed by atoms with Gasteiger partial charge in [-0.15, -0.1) is 0 Å². The lowest BCUT2D eigenvalue weighted by Gasteiger charge is -2.32. The number of rotatable bonds is 3. The largest absolute Gasteiger partial charge is 0.347 e. The number of aryl methyl sites for hydroxylation is 1. The molecule has 1 aliphatic rings. The molecular weight excluding hydrogens is 232 g/mol. The molecule has 0 radical (unpaired) electrons. The molecule has 0 bridgehead atoms. The Morgan fingerprint density at radius 1 is 1.72 bits per heavy atom. The van der Waals surface area contributed by atoms with Crippen LogP contribution in [0.1, 0.15) is 24.6 Å². The van der Waals surface area contributed by atoms with E-state index in [9.17, 15) is 9.59 Å². The molecule has 1 saturated heterocycles. The van der Waals surface area contributed by atoms with E-state index in [2.05, 4.69) is 22.3 Å². The molecule has 6 heteroatoms. The normalized spacial score (nSPS) is 23.3. The molecule has 96 valence electrons. The summed E-state index contributed by atoms with van der Waals surface area (Å²) in [4.78, 5) is 22.9. The summed E-state index contributed by atoms with van der Waals surface area (Å²) in [6.07, 6.45) is 3.93. The van der Waals surface area contributed by atoms with Crippen LogP contribution in [0.15, 0.2) is 24.9 Å². The molecule has 0 aromatic carbocycles. The van der Waals surface area contributed by atoms with Crippen molar-refractivity contribution < 1.29 is 9.59 Å². The van der Waals surface area contributed by atoms with Crippen molar-refractivity contribution in [2.75, 3.05) is 0 Å². The fourth-order valence-electron chi connectivity index (χ4n) is 2.17. The standard InChI is InChI=1S/C12H16N4O2/c1-3-10(17)14-8-4-5-11(18)15-12(8)9-6-7-13-16(9)2/h3,6-8,12H,1,4-5H2,2H3,(H,14,17)(H,15,18)/t8-,12-/m1/s1. The third kappa shape index (κ3) is 2.42. The molecule has 0 spiro atoms. The zero-order chi connectivity index (χ0) is 13.1. The Kier molecular flexibility index (Phi) is 3.45. The van der Waals surface area contributed by atoms with Crippen LogP contribution in [0.5, 0.6) is 0 Å². The van der Waals surface area contributed by atoms with Gasteiger partial charge < -0.3 is 10.6 Å². The first-order valence-electron chi connectivity index (χ1n) is 5.82. The summed E-state index contributed by atoms with van der Waals surface area (Å²) in [5, 5.41) is 9.82. The summed E-state index contributed by atoms with van der Waals surface area (Å²) in [5.74, 6) is -0.242. The fraction of sp³-hybridized carbons (Fsp3) is 0.417. The molecule has 0 aliphatic carbocycles. The van der Waals surface area contributed by atoms with Crippen molar-refractivity contribution >= 4 is 11.8 Å². The Labute approximate surface area is 105 Å². The number of nitrogens with zero attached hydrogens (tertiary/aromatic N) is 2. The highest BCUT2D eigenvalue weighted by Crippen LogP contribution is 2.23. The molecule has 18 heavy (non-hydrogen) atoms. The SMILES string of the molecule is C=CC(=O)N[C@@H]1CCC(=O)N[C@H]1c1ccnn1C. The Hall–Kier alpha value is -2.11. The number of hydrogen-bond acceptors (Lipinski definition) is 3. The lowest BCUT2D eigenvalue weighted by atomic mass is 9.95. The molecule has 2 N–H and O–H groups in total. The highest BCUT2D eigenvalue weighted by molar-refractivity contribution is 5.87. The van der Waals surface area contributed by atoms with Crippen molar-refractivity contribution in [1.29, 1.82) is 0 Å². The van der Waals surface area contributed by atoms with E-state index in [1.54, 1.807) is 10.9 Å². The maximum Gasteiger partial charge on any atom is 0.243 e. The zero-order valence-electron chi connectivity index (χ0n) is 10.2. The first kappa shape index (κ1) is 12.3. The Bertz CT molecular complexity index is 480. The van der Waals surface area contributed by atoms with Gasteiger partial charge in [-0.25, -0.2) is 0 Å². The van der Waals surface area contributed by atoms with Crippen molar-refractivity contribution in [3.8, 4) is 0 Å². The summed E-state index contributed by atoms with van der Waals surface area (Å²) in [6, 6.07) is 1.45. The van der Waals surface area contributed by atoms with Gasteiger partial charge in [-0.05, 0) is 18.6 Å². The number of carbonyl (C=O) groups is 2. The molecule has 2 rings (SSSR count). The summed E-state index contributed by atoms with van der Waals surface area (Å²) in [5.41, 5.74) is 0.873. The Balaban J connectivity index is 2.21. The van der Waals surface area contributed by atoms with Gasteiger partial charge in [0, 0.05) is 19.7 Å². The average molecular weight is 248 g/mol. The van der Waals surface area contributed by atoms with E-state index in [1.165, 1.54) is 6.08 Å². The van der Waals surface area contributed by atoms with E-state index in [-0.39, 0.29) is 23.9 Å². The number of nitrogens with one attached hydrogen (secondary N) is 2. The van der Waals surface area contributed by atoms with Gasteiger partial charge in [-0.2, -0.15) is 5.10 Å². The molecule has 1 aromatic heterocycles. The van der Waals surface area contributed by atoms with E-state index in [1.807, 2.05) is 13.1 Å². The monoisotopic (exact) mass is 248 g/mol. The maximum atomic E-state index is 11.5. The molecule has 0 saturated carbocycles. The van der Waals surface area contributed by atoms with Crippen LogP contribution in [-0.2, 0) is 16.6 Å². The van der Waals surface area contributed by atoms with E-state index in [0.29, 0.717) is 12.8 Å². The average Bonchev–Trinajstić information content (AvgIpc) is 2.77. The van der Waals surface area contributed by atoms with Gasteiger partial charge in [0.1, 0.15) is 0 Å². The molecule has 6 nitrogen and oxygen atoms in total. The molecule has 1 fully saturated rings. The minimum Gasteiger partial charge on any atom is -0.347 e.